The van der Waals surface area contributed by atoms with Crippen molar-refractivity contribution >= 4 is 11.7 Å². The highest BCUT2D eigenvalue weighted by Crippen LogP contribution is 2.42. The van der Waals surface area contributed by atoms with E-state index in [-0.39, 0.29) is 42.2 Å². The molecule has 1 saturated carbocycles. The molecule has 5 heterocycles. The topological polar surface area (TPSA) is 96.0 Å². The summed E-state index contributed by atoms with van der Waals surface area (Å²) in [4.78, 5) is 33.3. The maximum Gasteiger partial charge on any atom is 0.318 e. The van der Waals surface area contributed by atoms with Crippen LogP contribution in [0.5, 0.6) is 11.8 Å². The van der Waals surface area contributed by atoms with Crippen LogP contribution in [0.3, 0.4) is 0 Å². The molecule has 1 aromatic carbocycles. The third kappa shape index (κ3) is 6.96. The Morgan fingerprint density at radius 1 is 1.27 bits per heavy atom. The van der Waals surface area contributed by atoms with Gasteiger partial charge in [-0.25, -0.2) is 8.78 Å². The largest absolute Gasteiger partial charge is 0.493 e. The van der Waals surface area contributed by atoms with Crippen LogP contribution >= 0.6 is 0 Å². The molecule has 52 heavy (non-hydrogen) atoms. The predicted octanol–water partition coefficient (Wildman–Crippen LogP) is 5.62. The molecule has 3 aliphatic heterocycles. The van der Waals surface area contributed by atoms with E-state index in [9.17, 15) is 13.6 Å². The summed E-state index contributed by atoms with van der Waals surface area (Å²) in [5.41, 5.74) is 2.57. The Kier molecular flexibility index (Phi) is 10.2. The summed E-state index contributed by atoms with van der Waals surface area (Å²) in [6.07, 6.45) is 13.3. The number of nitrogens with one attached hydrogen (secondary N) is 1. The van der Waals surface area contributed by atoms with Gasteiger partial charge in [-0.1, -0.05) is 31.4 Å². The predicted molar refractivity (Wildman–Crippen MR) is 194 cm³/mol. The van der Waals surface area contributed by atoms with Gasteiger partial charge in [0.15, 0.2) is 0 Å². The van der Waals surface area contributed by atoms with E-state index in [4.69, 9.17) is 25.9 Å². The molecule has 1 amide bonds. The van der Waals surface area contributed by atoms with Crippen LogP contribution in [-0.2, 0) is 24.3 Å². The number of halogens is 2. The highest BCUT2D eigenvalue weighted by Gasteiger charge is 2.44. The number of benzene rings is 1. The van der Waals surface area contributed by atoms with Crippen LogP contribution in [0.15, 0.2) is 49.2 Å². The summed E-state index contributed by atoms with van der Waals surface area (Å²) in [7, 11) is 1.84. The molecule has 0 radical (unpaired) electrons. The average Bonchev–Trinajstić information content (AvgIpc) is 3.76. The van der Waals surface area contributed by atoms with Crippen LogP contribution in [0, 0.1) is 18.2 Å². The van der Waals surface area contributed by atoms with Gasteiger partial charge in [0.25, 0.3) is 0 Å². The Morgan fingerprint density at radius 3 is 2.85 bits per heavy atom. The average molecular weight is 712 g/mol. The second kappa shape index (κ2) is 14.8. The summed E-state index contributed by atoms with van der Waals surface area (Å²) >= 11 is 0. The van der Waals surface area contributed by atoms with Gasteiger partial charge in [0, 0.05) is 76.0 Å². The fourth-order valence-corrected chi connectivity index (χ4v) is 8.60. The SMILES string of the molecule is C#Cc1c(F)ccc2c1[C@H](N1CCc3c(nc(OC[C@]4(C)C[C@@H](F)CN4Cc4ccccn4)nc3NCC3(N(C)C(=O)C=C)CCCC3)C1)CCO2. The summed E-state index contributed by atoms with van der Waals surface area (Å²) in [5.74, 6) is 3.28. The van der Waals surface area contributed by atoms with Crippen molar-refractivity contribution < 1.29 is 23.0 Å². The van der Waals surface area contributed by atoms with E-state index >= 15 is 0 Å². The molecule has 1 N–H and O–H groups in total. The fourth-order valence-electron chi connectivity index (χ4n) is 8.60. The van der Waals surface area contributed by atoms with Gasteiger partial charge in [0.1, 0.15) is 30.2 Å². The van der Waals surface area contributed by atoms with Crippen molar-refractivity contribution in [3.63, 3.8) is 0 Å². The molecule has 1 saturated heterocycles. The first kappa shape index (κ1) is 35.8. The Morgan fingerprint density at radius 2 is 2.10 bits per heavy atom. The van der Waals surface area contributed by atoms with E-state index in [0.29, 0.717) is 69.2 Å². The quantitative estimate of drug-likeness (QED) is 0.201. The lowest BCUT2D eigenvalue weighted by Crippen LogP contribution is -2.51. The third-order valence-electron chi connectivity index (χ3n) is 11.6. The molecule has 3 aromatic rings. The molecule has 0 bridgehead atoms. The number of likely N-dealkylation sites (N-methyl/N-ethyl adjacent to an activating group) is 1. The van der Waals surface area contributed by atoms with Crippen molar-refractivity contribution in [2.45, 2.75) is 88.3 Å². The number of terminal acetylenes is 1. The first-order chi connectivity index (χ1) is 25.1. The van der Waals surface area contributed by atoms with Gasteiger partial charge in [0.2, 0.25) is 5.91 Å². The minimum Gasteiger partial charge on any atom is -0.493 e. The molecule has 7 rings (SSSR count). The number of ether oxygens (including phenoxy) is 2. The highest BCUT2D eigenvalue weighted by atomic mass is 19.1. The maximum absolute atomic E-state index is 15.0. The van der Waals surface area contributed by atoms with E-state index in [1.54, 1.807) is 12.3 Å². The zero-order valence-corrected chi connectivity index (χ0v) is 30.0. The van der Waals surface area contributed by atoms with Crippen LogP contribution in [0.25, 0.3) is 0 Å². The number of nitrogens with zero attached hydrogens (tertiary/aromatic N) is 6. The van der Waals surface area contributed by atoms with Gasteiger partial charge in [-0.2, -0.15) is 9.97 Å². The zero-order valence-electron chi connectivity index (χ0n) is 30.0. The smallest absolute Gasteiger partial charge is 0.318 e. The van der Waals surface area contributed by atoms with E-state index in [0.717, 1.165) is 42.6 Å². The second-order valence-electron chi connectivity index (χ2n) is 14.8. The molecule has 2 fully saturated rings. The number of fused-ring (bicyclic) bond motifs is 2. The highest BCUT2D eigenvalue weighted by molar-refractivity contribution is 5.87. The first-order valence-corrected chi connectivity index (χ1v) is 18.2. The van der Waals surface area contributed by atoms with E-state index in [1.807, 2.05) is 37.1 Å². The van der Waals surface area contributed by atoms with Gasteiger partial charge in [-0.15, -0.1) is 6.42 Å². The number of hydrogen-bond acceptors (Lipinski definition) is 9. The number of pyridine rings is 1. The van der Waals surface area contributed by atoms with Crippen LogP contribution in [0.4, 0.5) is 14.6 Å². The van der Waals surface area contributed by atoms with Crippen LogP contribution in [0.1, 0.15) is 79.6 Å². The number of aromatic nitrogens is 3. The summed E-state index contributed by atoms with van der Waals surface area (Å²) in [5, 5.41) is 3.62. The van der Waals surface area contributed by atoms with Crippen molar-refractivity contribution in [3.05, 3.63) is 83.1 Å². The van der Waals surface area contributed by atoms with Crippen molar-refractivity contribution in [2.75, 3.05) is 45.2 Å². The third-order valence-corrected chi connectivity index (χ3v) is 11.6. The van der Waals surface area contributed by atoms with Gasteiger partial charge in [-0.3, -0.25) is 19.6 Å². The van der Waals surface area contributed by atoms with Crippen molar-refractivity contribution in [3.8, 4) is 24.1 Å². The Labute approximate surface area is 304 Å². The Bertz CT molecular complexity index is 1850. The number of anilines is 1. The molecule has 12 heteroatoms. The summed E-state index contributed by atoms with van der Waals surface area (Å²) in [6.45, 7) is 8.83. The van der Waals surface area contributed by atoms with Gasteiger partial charge < -0.3 is 19.7 Å². The normalized spacial score (nSPS) is 23.9. The van der Waals surface area contributed by atoms with Crippen molar-refractivity contribution in [2.24, 2.45) is 0 Å². The van der Waals surface area contributed by atoms with Gasteiger partial charge >= 0.3 is 6.01 Å². The Hall–Kier alpha value is -4.60. The molecule has 4 aliphatic rings. The minimum absolute atomic E-state index is 0.112. The molecule has 1 aliphatic carbocycles. The lowest BCUT2D eigenvalue weighted by Gasteiger charge is -2.40. The molecule has 10 nitrogen and oxygen atoms in total. The number of amides is 1. The number of alkyl halides is 1. The maximum atomic E-state index is 15.0. The number of rotatable bonds is 11. The molecule has 274 valence electrons. The monoisotopic (exact) mass is 711 g/mol. The molecule has 0 unspecified atom stereocenters. The van der Waals surface area contributed by atoms with Crippen LogP contribution in [-0.4, -0.2) is 92.7 Å². The number of carbonyl (C=O) groups is 1. The molecular weight excluding hydrogens is 664 g/mol. The molecule has 0 spiro atoms. The molecule has 3 atom stereocenters. The molecule has 2 aromatic heterocycles. The Balaban J connectivity index is 1.19. The van der Waals surface area contributed by atoms with Gasteiger partial charge in [0.05, 0.1) is 34.6 Å². The lowest BCUT2D eigenvalue weighted by molar-refractivity contribution is -0.129. The fraction of sp³-hybridized carbons (Fsp3) is 0.500. The summed E-state index contributed by atoms with van der Waals surface area (Å²) < 4.78 is 42.2. The summed E-state index contributed by atoms with van der Waals surface area (Å²) in [6, 6.07) is 8.80. The van der Waals surface area contributed by atoms with E-state index in [2.05, 4.69) is 32.6 Å². The van der Waals surface area contributed by atoms with Crippen molar-refractivity contribution in [1.82, 2.24) is 29.7 Å². The zero-order chi connectivity index (χ0) is 36.5. The number of hydrogen-bond donors (Lipinski definition) is 1. The molecular formula is C40H47F2N7O3. The standard InChI is InChI=1S/C40H47F2N7O3/c1-5-29-31(42)12-13-34-36(29)33(15-20-51-34)48-19-14-30-32(24-48)45-38(46-37(30)44-25-40(16-8-9-17-40)47(4)35(50)6-2)52-26-39(3)21-27(41)22-49(39)23-28-11-7-10-18-43-28/h1,6-7,10-13,18,27,33H,2,8-9,14-17,19-26H2,3-4H3,(H,44,45,46)/t27-,33-,39+/m1/s1. The van der Waals surface area contributed by atoms with Crippen LogP contribution in [0.2, 0.25) is 0 Å². The van der Waals surface area contributed by atoms with E-state index in [1.165, 1.54) is 12.1 Å². The second-order valence-corrected chi connectivity index (χ2v) is 14.8. The number of carbonyl (C=O) groups excluding carboxylic acids is 1. The first-order valence-electron chi connectivity index (χ1n) is 18.2. The van der Waals surface area contributed by atoms with Crippen LogP contribution < -0.4 is 14.8 Å². The lowest BCUT2D eigenvalue weighted by atomic mass is 9.91. The number of likely N-dealkylation sites (tertiary alicyclic amines) is 1. The van der Waals surface area contributed by atoms with E-state index < -0.39 is 17.5 Å². The van der Waals surface area contributed by atoms with Gasteiger partial charge in [-0.05, 0) is 56.5 Å². The minimum atomic E-state index is -0.995. The van der Waals surface area contributed by atoms with Crippen molar-refractivity contribution in [1.29, 1.82) is 0 Å².